The number of esters is 1. The van der Waals surface area contributed by atoms with E-state index in [-0.39, 0.29) is 12.5 Å². The highest BCUT2D eigenvalue weighted by Gasteiger charge is 2.37. The highest BCUT2D eigenvalue weighted by Crippen LogP contribution is 2.25. The van der Waals surface area contributed by atoms with Gasteiger partial charge in [-0.1, -0.05) is 23.2 Å². The number of nitrogens with zero attached hydrogens (tertiary/aromatic N) is 1. The molecule has 0 unspecified atom stereocenters. The Labute approximate surface area is 128 Å². The molecule has 0 atom stereocenters. The van der Waals surface area contributed by atoms with Crippen LogP contribution in [0.1, 0.15) is 31.1 Å². The van der Waals surface area contributed by atoms with Crippen molar-refractivity contribution in [3.8, 4) is 0 Å². The first-order valence-corrected chi connectivity index (χ1v) is 6.87. The molecule has 0 radical (unpaired) electrons. The van der Waals surface area contributed by atoms with Gasteiger partial charge in [0.1, 0.15) is 5.54 Å². The average Bonchev–Trinajstić information content (AvgIpc) is 2.40. The number of benzene rings is 1. The zero-order valence-electron chi connectivity index (χ0n) is 11.9. The monoisotopic (exact) mass is 317 g/mol. The second-order valence-corrected chi connectivity index (χ2v) is 5.59. The van der Waals surface area contributed by atoms with Gasteiger partial charge in [-0.3, -0.25) is 4.79 Å². The third-order valence-electron chi connectivity index (χ3n) is 3.08. The van der Waals surface area contributed by atoms with Crippen molar-refractivity contribution >= 4 is 35.1 Å². The maximum Gasteiger partial charge on any atom is 0.331 e. The van der Waals surface area contributed by atoms with E-state index in [1.165, 1.54) is 11.0 Å². The summed E-state index contributed by atoms with van der Waals surface area (Å²) < 4.78 is 4.98. The molecule has 0 heterocycles. The first-order valence-electron chi connectivity index (χ1n) is 6.12. The molecule has 4 nitrogen and oxygen atoms in total. The third-order valence-corrected chi connectivity index (χ3v) is 3.82. The average molecular weight is 318 g/mol. The van der Waals surface area contributed by atoms with Gasteiger partial charge in [0.25, 0.3) is 5.91 Å². The van der Waals surface area contributed by atoms with Crippen molar-refractivity contribution in [2.24, 2.45) is 0 Å². The summed E-state index contributed by atoms with van der Waals surface area (Å²) in [6.45, 7) is 5.23. The number of carbonyl (C=O) groups excluding carboxylic acids is 2. The van der Waals surface area contributed by atoms with Gasteiger partial charge in [0.15, 0.2) is 0 Å². The quantitative estimate of drug-likeness (QED) is 0.799. The summed E-state index contributed by atoms with van der Waals surface area (Å²) in [6.07, 6.45) is 0. The third kappa shape index (κ3) is 3.44. The molecule has 0 N–H and O–H groups in total. The van der Waals surface area contributed by atoms with E-state index >= 15 is 0 Å². The molecule has 0 aromatic heterocycles. The maximum atomic E-state index is 12.4. The molecule has 0 aliphatic carbocycles. The van der Waals surface area contributed by atoms with Gasteiger partial charge in [-0.15, -0.1) is 0 Å². The van der Waals surface area contributed by atoms with Crippen molar-refractivity contribution in [3.05, 3.63) is 33.8 Å². The van der Waals surface area contributed by atoms with E-state index in [9.17, 15) is 9.59 Å². The van der Waals surface area contributed by atoms with Gasteiger partial charge >= 0.3 is 5.97 Å². The van der Waals surface area contributed by atoms with Crippen LogP contribution in [0.4, 0.5) is 0 Å². The predicted molar refractivity (Wildman–Crippen MR) is 79.3 cm³/mol. The van der Waals surface area contributed by atoms with Gasteiger partial charge in [0, 0.05) is 12.6 Å². The Morgan fingerprint density at radius 2 is 1.85 bits per heavy atom. The molecule has 20 heavy (non-hydrogen) atoms. The van der Waals surface area contributed by atoms with Crippen molar-refractivity contribution in [3.63, 3.8) is 0 Å². The Morgan fingerprint density at radius 1 is 1.25 bits per heavy atom. The molecule has 0 spiro atoms. The van der Waals surface area contributed by atoms with Crippen LogP contribution < -0.4 is 0 Å². The fourth-order valence-corrected chi connectivity index (χ4v) is 1.82. The molecular formula is C14H17Cl2NO3. The molecule has 0 aliphatic rings. The van der Waals surface area contributed by atoms with E-state index in [0.29, 0.717) is 15.6 Å². The molecule has 1 aromatic carbocycles. The molecule has 6 heteroatoms. The second-order valence-electron chi connectivity index (χ2n) is 4.77. The highest BCUT2D eigenvalue weighted by atomic mass is 35.5. The lowest BCUT2D eigenvalue weighted by Crippen LogP contribution is -2.51. The minimum absolute atomic E-state index is 0.261. The fourth-order valence-electron chi connectivity index (χ4n) is 1.52. The Balaban J connectivity index is 3.01. The van der Waals surface area contributed by atoms with Gasteiger partial charge in [-0.2, -0.15) is 0 Å². The number of ether oxygens (including phenoxy) is 1. The number of likely N-dealkylation sites (N-methyl/N-ethyl adjacent to an activating group) is 1. The smallest absolute Gasteiger partial charge is 0.331 e. The predicted octanol–water partition coefficient (Wildman–Crippen LogP) is 3.41. The number of hydrogen-bond donors (Lipinski definition) is 0. The van der Waals surface area contributed by atoms with Crippen molar-refractivity contribution in [1.82, 2.24) is 4.90 Å². The number of carbonyl (C=O) groups is 2. The SMILES string of the molecule is CCOC(=O)C(C)(C)N(C)C(=O)c1ccc(Cl)c(Cl)c1. The van der Waals surface area contributed by atoms with Gasteiger partial charge in [-0.25, -0.2) is 4.79 Å². The fraction of sp³-hybridized carbons (Fsp3) is 0.429. The van der Waals surface area contributed by atoms with E-state index in [1.807, 2.05) is 0 Å². The Morgan fingerprint density at radius 3 is 2.35 bits per heavy atom. The van der Waals surface area contributed by atoms with Crippen LogP contribution in [0.15, 0.2) is 18.2 Å². The summed E-state index contributed by atoms with van der Waals surface area (Å²) in [5.41, 5.74) is -0.710. The van der Waals surface area contributed by atoms with Gasteiger partial charge in [0.2, 0.25) is 0 Å². The summed E-state index contributed by atoms with van der Waals surface area (Å²) in [6, 6.07) is 4.58. The van der Waals surface area contributed by atoms with Crippen LogP contribution in [0.2, 0.25) is 10.0 Å². The van der Waals surface area contributed by atoms with Gasteiger partial charge in [-0.05, 0) is 39.0 Å². The second kappa shape index (κ2) is 6.46. The molecule has 0 bridgehead atoms. The largest absolute Gasteiger partial charge is 0.464 e. The standard InChI is InChI=1S/C14H17Cl2NO3/c1-5-20-13(19)14(2,3)17(4)12(18)9-6-7-10(15)11(16)8-9/h6-8H,5H2,1-4H3. The molecule has 0 aliphatic heterocycles. The molecule has 1 amide bonds. The zero-order chi connectivity index (χ0) is 15.5. The van der Waals surface area contributed by atoms with Crippen molar-refractivity contribution in [1.29, 1.82) is 0 Å². The van der Waals surface area contributed by atoms with Crippen LogP contribution >= 0.6 is 23.2 Å². The summed E-state index contributed by atoms with van der Waals surface area (Å²) in [7, 11) is 1.54. The number of halogens is 2. The Bertz CT molecular complexity index is 529. The number of amides is 1. The lowest BCUT2D eigenvalue weighted by Gasteiger charge is -2.33. The summed E-state index contributed by atoms with van der Waals surface area (Å²) in [5, 5.41) is 0.662. The summed E-state index contributed by atoms with van der Waals surface area (Å²) >= 11 is 11.7. The van der Waals surface area contributed by atoms with E-state index in [0.717, 1.165) is 0 Å². The molecule has 0 saturated carbocycles. The summed E-state index contributed by atoms with van der Waals surface area (Å²) in [5.74, 6) is -0.794. The topological polar surface area (TPSA) is 46.6 Å². The first kappa shape index (κ1) is 16.8. The van der Waals surface area contributed by atoms with E-state index in [2.05, 4.69) is 0 Å². The van der Waals surface area contributed by atoms with Crippen LogP contribution in [0.5, 0.6) is 0 Å². The van der Waals surface area contributed by atoms with Crippen molar-refractivity contribution < 1.29 is 14.3 Å². The summed E-state index contributed by atoms with van der Waals surface area (Å²) in [4.78, 5) is 25.6. The van der Waals surface area contributed by atoms with Crippen LogP contribution in [-0.4, -0.2) is 36.0 Å². The van der Waals surface area contributed by atoms with Crippen LogP contribution in [0.3, 0.4) is 0 Å². The minimum atomic E-state index is -1.07. The Kier molecular flexibility index (Phi) is 5.42. The molecule has 110 valence electrons. The molecule has 1 rings (SSSR count). The van der Waals surface area contributed by atoms with Crippen molar-refractivity contribution in [2.75, 3.05) is 13.7 Å². The van der Waals surface area contributed by atoms with E-state index < -0.39 is 11.5 Å². The lowest BCUT2D eigenvalue weighted by molar-refractivity contribution is -0.153. The first-order chi connectivity index (χ1) is 9.21. The molecule has 0 fully saturated rings. The Hall–Kier alpha value is -1.26. The zero-order valence-corrected chi connectivity index (χ0v) is 13.4. The van der Waals surface area contributed by atoms with Crippen LogP contribution in [0.25, 0.3) is 0 Å². The maximum absolute atomic E-state index is 12.4. The lowest BCUT2D eigenvalue weighted by atomic mass is 10.0. The van der Waals surface area contributed by atoms with Crippen molar-refractivity contribution in [2.45, 2.75) is 26.3 Å². The van der Waals surface area contributed by atoms with E-state index in [1.54, 1.807) is 40.0 Å². The van der Waals surface area contributed by atoms with E-state index in [4.69, 9.17) is 27.9 Å². The molecular weight excluding hydrogens is 301 g/mol. The number of rotatable bonds is 4. The van der Waals surface area contributed by atoms with Crippen LogP contribution in [0, 0.1) is 0 Å². The molecule has 0 saturated heterocycles. The van der Waals surface area contributed by atoms with Gasteiger partial charge in [0.05, 0.1) is 16.7 Å². The normalized spacial score (nSPS) is 11.1. The van der Waals surface area contributed by atoms with Crippen LogP contribution in [-0.2, 0) is 9.53 Å². The minimum Gasteiger partial charge on any atom is -0.464 e. The van der Waals surface area contributed by atoms with Gasteiger partial charge < -0.3 is 9.64 Å². The number of hydrogen-bond acceptors (Lipinski definition) is 3. The molecule has 1 aromatic rings. The highest BCUT2D eigenvalue weighted by molar-refractivity contribution is 6.42.